The first-order valence-electron chi connectivity index (χ1n) is 7.84. The van der Waals surface area contributed by atoms with Crippen molar-refractivity contribution in [3.63, 3.8) is 0 Å². The molecular weight excluding hydrogens is 268 g/mol. The van der Waals surface area contributed by atoms with Gasteiger partial charge in [0.1, 0.15) is 0 Å². The normalized spacial score (nSPS) is 16.6. The van der Waals surface area contributed by atoms with Gasteiger partial charge in [0.2, 0.25) is 5.91 Å². The summed E-state index contributed by atoms with van der Waals surface area (Å²) in [5.41, 5.74) is 1.15. The lowest BCUT2D eigenvalue weighted by atomic mass is 9.97. The van der Waals surface area contributed by atoms with Crippen LogP contribution in [-0.4, -0.2) is 42.9 Å². The minimum absolute atomic E-state index is 0.0787. The summed E-state index contributed by atoms with van der Waals surface area (Å²) in [7, 11) is 1.64. The molecule has 0 unspecified atom stereocenters. The van der Waals surface area contributed by atoms with E-state index in [-0.39, 0.29) is 12.5 Å². The number of H-pyrrole nitrogens is 1. The number of rotatable bonds is 7. The van der Waals surface area contributed by atoms with E-state index in [1.165, 1.54) is 38.5 Å². The minimum Gasteiger partial charge on any atom is -0.383 e. The summed E-state index contributed by atoms with van der Waals surface area (Å²) < 4.78 is 4.91. The Balaban J connectivity index is 1.78. The van der Waals surface area contributed by atoms with E-state index < -0.39 is 0 Å². The van der Waals surface area contributed by atoms with Gasteiger partial charge in [-0.05, 0) is 12.8 Å². The topological polar surface area (TPSA) is 79.0 Å². The van der Waals surface area contributed by atoms with Crippen LogP contribution in [0.2, 0.25) is 0 Å². The number of hydrogen-bond acceptors (Lipinski definition) is 4. The summed E-state index contributed by atoms with van der Waals surface area (Å²) in [5.74, 6) is 1.10. The van der Waals surface area contributed by atoms with Gasteiger partial charge >= 0.3 is 0 Å². The first-order valence-corrected chi connectivity index (χ1v) is 7.84. The number of ether oxygens (including phenoxy) is 1. The van der Waals surface area contributed by atoms with E-state index in [9.17, 15) is 4.79 Å². The minimum atomic E-state index is -0.0787. The van der Waals surface area contributed by atoms with Crippen LogP contribution in [0.5, 0.6) is 0 Å². The van der Waals surface area contributed by atoms with E-state index in [1.54, 1.807) is 7.11 Å². The molecule has 1 amide bonds. The fourth-order valence-corrected chi connectivity index (χ4v) is 2.76. The van der Waals surface area contributed by atoms with Crippen LogP contribution in [0.3, 0.4) is 0 Å². The number of aromatic nitrogens is 2. The molecule has 0 saturated heterocycles. The largest absolute Gasteiger partial charge is 0.383 e. The fourth-order valence-electron chi connectivity index (χ4n) is 2.76. The van der Waals surface area contributed by atoms with Crippen molar-refractivity contribution in [3.8, 4) is 0 Å². The molecule has 1 saturated carbocycles. The second kappa shape index (κ2) is 8.79. The number of carbonyl (C=O) groups excluding carboxylic acids is 1. The molecule has 0 bridgehead atoms. The number of anilines is 1. The molecule has 6 nitrogen and oxygen atoms in total. The van der Waals surface area contributed by atoms with E-state index in [0.29, 0.717) is 24.9 Å². The Kier molecular flexibility index (Phi) is 6.69. The van der Waals surface area contributed by atoms with Crippen LogP contribution >= 0.6 is 0 Å². The third-order valence-corrected chi connectivity index (χ3v) is 3.93. The van der Waals surface area contributed by atoms with Crippen molar-refractivity contribution in [2.75, 3.05) is 32.1 Å². The molecule has 1 heterocycles. The van der Waals surface area contributed by atoms with Gasteiger partial charge in [-0.1, -0.05) is 25.7 Å². The molecule has 1 fully saturated rings. The van der Waals surface area contributed by atoms with Crippen molar-refractivity contribution in [1.29, 1.82) is 0 Å². The zero-order valence-electron chi connectivity index (χ0n) is 12.8. The van der Waals surface area contributed by atoms with Gasteiger partial charge in [-0.2, -0.15) is 5.10 Å². The summed E-state index contributed by atoms with van der Waals surface area (Å²) in [6.07, 6.45) is 7.68. The first kappa shape index (κ1) is 16.0. The molecule has 1 aliphatic carbocycles. The summed E-state index contributed by atoms with van der Waals surface area (Å²) in [4.78, 5) is 11.7. The molecule has 0 radical (unpaired) electrons. The highest BCUT2D eigenvalue weighted by molar-refractivity contribution is 5.91. The predicted molar refractivity (Wildman–Crippen MR) is 82.4 cm³/mol. The van der Waals surface area contributed by atoms with E-state index in [2.05, 4.69) is 20.8 Å². The molecule has 3 N–H and O–H groups in total. The van der Waals surface area contributed by atoms with Crippen molar-refractivity contribution in [3.05, 3.63) is 11.8 Å². The SMILES string of the molecule is COCCNCC(=O)Nc1cc(C2CCCCCC2)[nH]n1. The second-order valence-corrected chi connectivity index (χ2v) is 5.61. The van der Waals surface area contributed by atoms with Crippen LogP contribution < -0.4 is 10.6 Å². The van der Waals surface area contributed by atoms with Crippen LogP contribution in [-0.2, 0) is 9.53 Å². The van der Waals surface area contributed by atoms with Crippen LogP contribution in [0.4, 0.5) is 5.82 Å². The molecular formula is C15H26N4O2. The van der Waals surface area contributed by atoms with Gasteiger partial charge in [0.15, 0.2) is 5.82 Å². The monoisotopic (exact) mass is 294 g/mol. The Labute approximate surface area is 126 Å². The van der Waals surface area contributed by atoms with Gasteiger partial charge in [0.25, 0.3) is 0 Å². The van der Waals surface area contributed by atoms with E-state index >= 15 is 0 Å². The van der Waals surface area contributed by atoms with E-state index in [0.717, 1.165) is 5.69 Å². The summed E-state index contributed by atoms with van der Waals surface area (Å²) >= 11 is 0. The maximum absolute atomic E-state index is 11.7. The smallest absolute Gasteiger partial charge is 0.239 e. The fraction of sp³-hybridized carbons (Fsp3) is 0.733. The second-order valence-electron chi connectivity index (χ2n) is 5.61. The lowest BCUT2D eigenvalue weighted by molar-refractivity contribution is -0.115. The lowest BCUT2D eigenvalue weighted by Crippen LogP contribution is -2.30. The van der Waals surface area contributed by atoms with Crippen LogP contribution in [0.15, 0.2) is 6.07 Å². The Hall–Kier alpha value is -1.40. The average molecular weight is 294 g/mol. The van der Waals surface area contributed by atoms with E-state index in [1.807, 2.05) is 6.07 Å². The van der Waals surface area contributed by atoms with Crippen molar-refractivity contribution < 1.29 is 9.53 Å². The molecule has 118 valence electrons. The highest BCUT2D eigenvalue weighted by atomic mass is 16.5. The number of hydrogen-bond donors (Lipinski definition) is 3. The van der Waals surface area contributed by atoms with Crippen LogP contribution in [0.25, 0.3) is 0 Å². The van der Waals surface area contributed by atoms with Gasteiger partial charge in [-0.15, -0.1) is 0 Å². The average Bonchev–Trinajstić information content (AvgIpc) is 2.76. The Morgan fingerprint density at radius 3 is 2.86 bits per heavy atom. The van der Waals surface area contributed by atoms with Gasteiger partial charge in [-0.25, -0.2) is 0 Å². The molecule has 21 heavy (non-hydrogen) atoms. The van der Waals surface area contributed by atoms with Gasteiger partial charge in [-0.3, -0.25) is 9.89 Å². The zero-order valence-corrected chi connectivity index (χ0v) is 12.8. The number of methoxy groups -OCH3 is 1. The molecule has 0 atom stereocenters. The molecule has 2 rings (SSSR count). The molecule has 1 aromatic rings. The zero-order chi connectivity index (χ0) is 14.9. The molecule has 0 aromatic carbocycles. The number of carbonyl (C=O) groups is 1. The number of nitrogens with zero attached hydrogens (tertiary/aromatic N) is 1. The van der Waals surface area contributed by atoms with Gasteiger partial charge in [0.05, 0.1) is 13.2 Å². The van der Waals surface area contributed by atoms with Crippen molar-refractivity contribution >= 4 is 11.7 Å². The summed E-state index contributed by atoms with van der Waals surface area (Å²) in [5, 5.41) is 13.1. The Morgan fingerprint density at radius 1 is 1.38 bits per heavy atom. The molecule has 1 aliphatic rings. The van der Waals surface area contributed by atoms with Gasteiger partial charge in [0, 0.05) is 31.3 Å². The molecule has 0 aliphatic heterocycles. The maximum Gasteiger partial charge on any atom is 0.239 e. The summed E-state index contributed by atoms with van der Waals surface area (Å²) in [6, 6.07) is 1.98. The summed E-state index contributed by atoms with van der Waals surface area (Å²) in [6.45, 7) is 1.54. The number of nitrogens with one attached hydrogen (secondary N) is 3. The number of amides is 1. The first-order chi connectivity index (χ1) is 10.3. The Bertz CT molecular complexity index is 425. The lowest BCUT2D eigenvalue weighted by Gasteiger charge is -2.10. The van der Waals surface area contributed by atoms with Crippen LogP contribution in [0, 0.1) is 0 Å². The van der Waals surface area contributed by atoms with Crippen molar-refractivity contribution in [2.45, 2.75) is 44.4 Å². The van der Waals surface area contributed by atoms with Crippen molar-refractivity contribution in [1.82, 2.24) is 15.5 Å². The van der Waals surface area contributed by atoms with Crippen LogP contribution in [0.1, 0.15) is 50.1 Å². The quantitative estimate of drug-likeness (QED) is 0.531. The van der Waals surface area contributed by atoms with Gasteiger partial charge < -0.3 is 15.4 Å². The highest BCUT2D eigenvalue weighted by Crippen LogP contribution is 2.31. The Morgan fingerprint density at radius 2 is 2.14 bits per heavy atom. The number of aromatic amines is 1. The predicted octanol–water partition coefficient (Wildman–Crippen LogP) is 2.02. The maximum atomic E-state index is 11.7. The standard InChI is InChI=1S/C15H26N4O2/c1-21-9-8-16-11-15(20)17-14-10-13(18-19-14)12-6-4-2-3-5-7-12/h10,12,16H,2-9,11H2,1H3,(H2,17,18,19,20). The molecule has 0 spiro atoms. The van der Waals surface area contributed by atoms with E-state index in [4.69, 9.17) is 4.74 Å². The highest BCUT2D eigenvalue weighted by Gasteiger charge is 2.17. The third kappa shape index (κ3) is 5.47. The molecule has 1 aromatic heterocycles. The molecule has 6 heteroatoms. The third-order valence-electron chi connectivity index (χ3n) is 3.93. The van der Waals surface area contributed by atoms with Crippen molar-refractivity contribution in [2.24, 2.45) is 0 Å².